The van der Waals surface area contributed by atoms with Gasteiger partial charge < -0.3 is 9.13 Å². The molecule has 0 atom stereocenters. The molecule has 538 valence electrons. The molecule has 2 aliphatic heterocycles. The summed E-state index contributed by atoms with van der Waals surface area (Å²) in [5, 5.41) is 4.87. The highest BCUT2D eigenvalue weighted by molar-refractivity contribution is 7.00. The van der Waals surface area contributed by atoms with Crippen molar-refractivity contribution in [3.8, 4) is 90.0 Å². The zero-order valence-corrected chi connectivity index (χ0v) is 67.9. The van der Waals surface area contributed by atoms with E-state index in [1.807, 2.05) is 0 Å². The lowest BCUT2D eigenvalue weighted by molar-refractivity contribution is 0.568. The van der Waals surface area contributed by atoms with E-state index in [4.69, 9.17) is 15.0 Å². The maximum absolute atomic E-state index is 5.86. The zero-order valence-electron chi connectivity index (χ0n) is 67.9. The van der Waals surface area contributed by atoms with Crippen molar-refractivity contribution < 1.29 is 0 Å². The zero-order chi connectivity index (χ0) is 76.1. The second-order valence-corrected chi connectivity index (χ2v) is 39.6. The molecule has 6 heteroatoms. The molecule has 5 nitrogen and oxygen atoms in total. The van der Waals surface area contributed by atoms with Gasteiger partial charge in [0.15, 0.2) is 17.5 Å². The van der Waals surface area contributed by atoms with Crippen molar-refractivity contribution in [1.82, 2.24) is 24.1 Å². The first-order valence-electron chi connectivity index (χ1n) is 39.0. The molecule has 0 aliphatic carbocycles. The Morgan fingerprint density at radius 3 is 0.729 bits per heavy atom. The smallest absolute Gasteiger partial charge is 0.252 e. The van der Waals surface area contributed by atoms with Gasteiger partial charge >= 0.3 is 0 Å². The Morgan fingerprint density at radius 1 is 0.215 bits per heavy atom. The first kappa shape index (κ1) is 71.4. The average Bonchev–Trinajstić information content (AvgIpc) is 1.50. The largest absolute Gasteiger partial charge is 0.310 e. The summed E-state index contributed by atoms with van der Waals surface area (Å²) in [4.78, 5) is 17.4. The van der Waals surface area contributed by atoms with Crippen molar-refractivity contribution >= 4 is 66.7 Å². The van der Waals surface area contributed by atoms with E-state index in [1.54, 1.807) is 0 Å². The van der Waals surface area contributed by atoms with Crippen molar-refractivity contribution in [2.45, 2.75) is 209 Å². The highest BCUT2D eigenvalue weighted by Crippen LogP contribution is 2.47. The van der Waals surface area contributed by atoms with Gasteiger partial charge in [0.25, 0.3) is 6.71 Å². The van der Waals surface area contributed by atoms with Gasteiger partial charge in [0.05, 0.1) is 11.0 Å². The van der Waals surface area contributed by atoms with Crippen molar-refractivity contribution in [3.63, 3.8) is 0 Å². The van der Waals surface area contributed by atoms with Crippen LogP contribution in [0.15, 0.2) is 206 Å². The highest BCUT2D eigenvalue weighted by atomic mass is 15.1. The molecule has 0 amide bonds. The van der Waals surface area contributed by atoms with Crippen LogP contribution in [0.4, 0.5) is 0 Å². The minimum atomic E-state index is -0.208. The summed E-state index contributed by atoms with van der Waals surface area (Å²) in [6.07, 6.45) is 0. The molecular formula is C101H106BN5. The van der Waals surface area contributed by atoms with Crippen LogP contribution in [0.1, 0.15) is 211 Å². The monoisotopic (exact) mass is 1400 g/mol. The van der Waals surface area contributed by atoms with Crippen LogP contribution in [0.5, 0.6) is 0 Å². The Hall–Kier alpha value is -9.91. The number of aromatic nitrogens is 5. The van der Waals surface area contributed by atoms with Crippen molar-refractivity contribution in [2.75, 3.05) is 0 Å². The fraction of sp³-hybridized carbons (Fsp3) is 0.317. The summed E-state index contributed by atoms with van der Waals surface area (Å²) in [5.74, 6) is 1.93. The Morgan fingerprint density at radius 2 is 0.458 bits per heavy atom. The number of hydrogen-bond donors (Lipinski definition) is 0. The van der Waals surface area contributed by atoms with E-state index in [2.05, 4.69) is 382 Å². The molecule has 0 radical (unpaired) electrons. The first-order valence-corrected chi connectivity index (χ1v) is 39.0. The van der Waals surface area contributed by atoms with E-state index in [-0.39, 0.29) is 50.0 Å². The molecule has 5 heterocycles. The highest BCUT2D eigenvalue weighted by Gasteiger charge is 2.43. The molecule has 2 aliphatic rings. The van der Waals surface area contributed by atoms with Gasteiger partial charge in [-0.3, -0.25) is 0 Å². The van der Waals surface area contributed by atoms with Gasteiger partial charge in [-0.1, -0.05) is 300 Å². The molecule has 0 saturated carbocycles. The Balaban J connectivity index is 1.06. The van der Waals surface area contributed by atoms with E-state index in [1.165, 1.54) is 138 Å². The quantitative estimate of drug-likeness (QED) is 0.149. The van der Waals surface area contributed by atoms with Crippen molar-refractivity contribution in [2.24, 2.45) is 0 Å². The van der Waals surface area contributed by atoms with Crippen LogP contribution in [-0.4, -0.2) is 30.8 Å². The number of hydrogen-bond acceptors (Lipinski definition) is 3. The molecule has 0 N–H and O–H groups in total. The first-order chi connectivity index (χ1) is 50.0. The molecule has 0 bridgehead atoms. The van der Waals surface area contributed by atoms with Crippen LogP contribution in [-0.2, 0) is 43.3 Å². The normalized spacial score (nSPS) is 13.6. The Labute approximate surface area is 637 Å². The predicted octanol–water partition coefficient (Wildman–Crippen LogP) is 25.3. The van der Waals surface area contributed by atoms with E-state index < -0.39 is 0 Å². The number of fused-ring (bicyclic) bond motifs is 10. The lowest BCUT2D eigenvalue weighted by atomic mass is 9.34. The van der Waals surface area contributed by atoms with E-state index in [9.17, 15) is 0 Å². The molecule has 0 spiro atoms. The van der Waals surface area contributed by atoms with Gasteiger partial charge in [-0.05, 0) is 222 Å². The molecule has 11 aromatic carbocycles. The summed E-state index contributed by atoms with van der Waals surface area (Å²) < 4.78 is 5.27. The number of nitrogens with zero attached hydrogens (tertiary/aromatic N) is 5. The van der Waals surface area contributed by atoms with Crippen LogP contribution in [0, 0.1) is 0 Å². The topological polar surface area (TPSA) is 48.5 Å². The molecule has 3 aromatic heterocycles. The minimum absolute atomic E-state index is 0.00527. The van der Waals surface area contributed by atoms with E-state index in [0.29, 0.717) is 17.5 Å². The van der Waals surface area contributed by atoms with Gasteiger partial charge in [-0.15, -0.1) is 0 Å². The Bertz CT molecular complexity index is 5530. The average molecular weight is 1400 g/mol. The van der Waals surface area contributed by atoms with E-state index in [0.717, 1.165) is 39.1 Å². The van der Waals surface area contributed by atoms with Gasteiger partial charge in [0.2, 0.25) is 0 Å². The van der Waals surface area contributed by atoms with Crippen LogP contribution in [0.2, 0.25) is 0 Å². The predicted molar refractivity (Wildman–Crippen MR) is 461 cm³/mol. The number of rotatable bonds is 7. The molecule has 107 heavy (non-hydrogen) atoms. The molecule has 0 unspecified atom stereocenters. The SMILES string of the molecule is CC(C)(C)c1ccc(-c2ccc3c(c2)c2cc(-c4ccc(C(C)(C)C)cc4)cc4c2n3-c2cc(-c3nc(-c5cc(C(C)(C)C)cc(C(C)(C)C)c5)nc(-c5cc(C(C)(C)C)cc(C(C)(C)C)c5)n3)cc3c2B4c2cc(-c4ccc(C(C)(C)C)cc4)cc4c5cc(-c6ccc(C(C)(C)C)cc6)ccc5n-3c24)cc1. The van der Waals surface area contributed by atoms with Crippen molar-refractivity contribution in [3.05, 3.63) is 251 Å². The standard InChI is InChI=1S/C101H106BN5/c1-94(2,3)70-35-25-59(26-36-70)63-33-43-84-78(49-63)80-51-65(61-29-39-72(40-30-61)96(7,8)9)53-82-89(80)106(84)86-55-69(93-104-91(67-45-74(98(13,14)15)57-75(46-67)99(16,17)18)103-92(105-93)68-47-76(100(19,20)21)58-77(48-68)101(22,23)24)56-87-88(86)102(82)83-54-66(62-31-41-73(42-32-62)97(10,11)12)52-81-79-50-64(34-44-85(79)107(87)90(81)83)60-27-37-71(38-28-60)95(4,5)6/h25-58H,1-24H3. The fourth-order valence-corrected chi connectivity index (χ4v) is 16.5. The van der Waals surface area contributed by atoms with Gasteiger partial charge in [0, 0.05) is 60.6 Å². The summed E-state index contributed by atoms with van der Waals surface area (Å²) in [6, 6.07) is 81.1. The van der Waals surface area contributed by atoms with Gasteiger partial charge in [-0.2, -0.15) is 0 Å². The van der Waals surface area contributed by atoms with Crippen LogP contribution in [0.3, 0.4) is 0 Å². The Kier molecular flexibility index (Phi) is 16.2. The number of benzene rings is 11. The summed E-state index contributed by atoms with van der Waals surface area (Å²) in [5.41, 5.74) is 32.9. The maximum Gasteiger partial charge on any atom is 0.252 e. The minimum Gasteiger partial charge on any atom is -0.310 e. The summed E-state index contributed by atoms with van der Waals surface area (Å²) in [6.45, 7) is 55.2. The lowest BCUT2D eigenvalue weighted by Crippen LogP contribution is -2.59. The summed E-state index contributed by atoms with van der Waals surface area (Å²) in [7, 11) is 0. The van der Waals surface area contributed by atoms with Gasteiger partial charge in [-0.25, -0.2) is 15.0 Å². The van der Waals surface area contributed by atoms with Crippen LogP contribution < -0.4 is 16.4 Å². The van der Waals surface area contributed by atoms with E-state index >= 15 is 0 Å². The third kappa shape index (κ3) is 12.6. The van der Waals surface area contributed by atoms with Gasteiger partial charge in [0.1, 0.15) is 0 Å². The molecule has 14 aromatic rings. The molecule has 0 saturated heterocycles. The van der Waals surface area contributed by atoms with Crippen LogP contribution in [0.25, 0.3) is 134 Å². The molecule has 0 fully saturated rings. The second-order valence-electron chi connectivity index (χ2n) is 39.6. The third-order valence-corrected chi connectivity index (χ3v) is 23.4. The fourth-order valence-electron chi connectivity index (χ4n) is 16.5. The summed E-state index contributed by atoms with van der Waals surface area (Å²) >= 11 is 0. The second kappa shape index (κ2) is 24.3. The third-order valence-electron chi connectivity index (χ3n) is 23.4. The molecule has 16 rings (SSSR count). The van der Waals surface area contributed by atoms with Crippen molar-refractivity contribution in [1.29, 1.82) is 0 Å². The maximum atomic E-state index is 5.86. The van der Waals surface area contributed by atoms with Crippen LogP contribution >= 0.6 is 0 Å². The molecular weight excluding hydrogens is 1290 g/mol. The lowest BCUT2D eigenvalue weighted by Gasteiger charge is -2.34.